The third-order valence-electron chi connectivity index (χ3n) is 2.31. The van der Waals surface area contributed by atoms with Gasteiger partial charge < -0.3 is 15.4 Å². The summed E-state index contributed by atoms with van der Waals surface area (Å²) in [5.74, 6) is 0.806. The molecule has 4 N–H and O–H groups in total. The van der Waals surface area contributed by atoms with E-state index in [0.717, 1.165) is 0 Å². The summed E-state index contributed by atoms with van der Waals surface area (Å²) in [6.45, 7) is 0. The molecule has 8 heteroatoms. The van der Waals surface area contributed by atoms with Crippen molar-refractivity contribution in [3.05, 3.63) is 24.5 Å². The van der Waals surface area contributed by atoms with Gasteiger partial charge in [-0.3, -0.25) is 5.10 Å². The van der Waals surface area contributed by atoms with Crippen LogP contribution in [0.2, 0.25) is 0 Å². The van der Waals surface area contributed by atoms with Crippen LogP contribution in [0.1, 0.15) is 0 Å². The second-order valence-electron chi connectivity index (χ2n) is 3.53. The lowest BCUT2D eigenvalue weighted by Crippen LogP contribution is -1.86. The maximum Gasteiger partial charge on any atom is 0.262 e. The van der Waals surface area contributed by atoms with Crippen molar-refractivity contribution in [2.45, 2.75) is 0 Å². The monoisotopic (exact) mass is 244 g/mol. The second kappa shape index (κ2) is 3.84. The Bertz CT molecular complexity index is 676. The molecule has 18 heavy (non-hydrogen) atoms. The number of aromatic nitrogens is 5. The Morgan fingerprint density at radius 1 is 1.33 bits per heavy atom. The number of anilines is 1. The second-order valence-corrected chi connectivity index (χ2v) is 3.53. The minimum atomic E-state index is -0.0252. The first kappa shape index (κ1) is 10.3. The number of aromatic hydroxyl groups is 1. The first-order valence-corrected chi connectivity index (χ1v) is 5.02. The van der Waals surface area contributed by atoms with Crippen molar-refractivity contribution in [1.82, 2.24) is 25.3 Å². The number of benzene rings is 1. The van der Waals surface area contributed by atoms with Gasteiger partial charge in [-0.15, -0.1) is 0 Å². The highest BCUT2D eigenvalue weighted by molar-refractivity contribution is 5.67. The van der Waals surface area contributed by atoms with E-state index >= 15 is 0 Å². The van der Waals surface area contributed by atoms with E-state index in [1.165, 1.54) is 12.4 Å². The molecular formula is C10H8N6O2. The Kier molecular flexibility index (Phi) is 2.19. The Hall–Kier alpha value is -2.90. The number of aromatic amines is 1. The van der Waals surface area contributed by atoms with Crippen LogP contribution in [0.5, 0.6) is 5.75 Å². The molecule has 3 aromatic rings. The molecule has 0 unspecified atom stereocenters. The number of phenols is 1. The molecule has 1 aromatic carbocycles. The molecule has 2 aromatic heterocycles. The Morgan fingerprint density at radius 2 is 2.22 bits per heavy atom. The topological polar surface area (TPSA) is 127 Å². The zero-order chi connectivity index (χ0) is 12.5. The molecule has 0 radical (unpaired) electrons. The van der Waals surface area contributed by atoms with E-state index in [2.05, 4.69) is 25.3 Å². The average molecular weight is 244 g/mol. The van der Waals surface area contributed by atoms with Crippen LogP contribution in [0.25, 0.3) is 23.1 Å². The fourth-order valence-electron chi connectivity index (χ4n) is 1.47. The van der Waals surface area contributed by atoms with Gasteiger partial charge in [0.25, 0.3) is 5.89 Å². The molecule has 3 rings (SSSR count). The number of hydrogen-bond acceptors (Lipinski definition) is 7. The molecule has 0 saturated carbocycles. The first-order chi connectivity index (χ1) is 8.74. The van der Waals surface area contributed by atoms with Gasteiger partial charge in [0.05, 0.1) is 5.56 Å². The number of nitrogen functional groups attached to an aromatic ring is 1. The molecule has 2 heterocycles. The van der Waals surface area contributed by atoms with E-state index in [-0.39, 0.29) is 17.5 Å². The Balaban J connectivity index is 2.03. The fourth-order valence-corrected chi connectivity index (χ4v) is 1.47. The van der Waals surface area contributed by atoms with E-state index in [9.17, 15) is 5.11 Å². The van der Waals surface area contributed by atoms with Gasteiger partial charge in [0.15, 0.2) is 5.82 Å². The maximum atomic E-state index is 9.74. The summed E-state index contributed by atoms with van der Waals surface area (Å²) < 4.78 is 5.05. The fraction of sp³-hybridized carbons (Fsp3) is 0. The summed E-state index contributed by atoms with van der Waals surface area (Å²) in [5.41, 5.74) is 6.39. The van der Waals surface area contributed by atoms with Gasteiger partial charge in [-0.1, -0.05) is 5.16 Å². The van der Waals surface area contributed by atoms with Crippen molar-refractivity contribution >= 4 is 5.69 Å². The summed E-state index contributed by atoms with van der Waals surface area (Å²) in [6.07, 6.45) is 1.34. The van der Waals surface area contributed by atoms with Crippen LogP contribution < -0.4 is 5.73 Å². The molecule has 0 saturated heterocycles. The van der Waals surface area contributed by atoms with Crippen LogP contribution in [0.3, 0.4) is 0 Å². The van der Waals surface area contributed by atoms with Gasteiger partial charge >= 0.3 is 0 Å². The van der Waals surface area contributed by atoms with Gasteiger partial charge in [0, 0.05) is 11.8 Å². The first-order valence-electron chi connectivity index (χ1n) is 5.02. The lowest BCUT2D eigenvalue weighted by molar-refractivity contribution is 0.425. The number of hydrogen-bond donors (Lipinski definition) is 3. The lowest BCUT2D eigenvalue weighted by Gasteiger charge is -1.99. The Labute approximate surface area is 100 Å². The maximum absolute atomic E-state index is 9.74. The van der Waals surface area contributed by atoms with Crippen molar-refractivity contribution in [3.8, 4) is 28.9 Å². The molecule has 0 fully saturated rings. The van der Waals surface area contributed by atoms with Gasteiger partial charge in [0.1, 0.15) is 12.1 Å². The van der Waals surface area contributed by atoms with Gasteiger partial charge in [-0.05, 0) is 12.1 Å². The number of nitrogens with two attached hydrogens (primary N) is 1. The third kappa shape index (κ3) is 1.65. The zero-order valence-electron chi connectivity index (χ0n) is 9.03. The lowest BCUT2D eigenvalue weighted by atomic mass is 10.2. The van der Waals surface area contributed by atoms with Crippen LogP contribution in [-0.2, 0) is 0 Å². The van der Waals surface area contributed by atoms with E-state index in [4.69, 9.17) is 10.3 Å². The van der Waals surface area contributed by atoms with Gasteiger partial charge in [0.2, 0.25) is 5.82 Å². The van der Waals surface area contributed by atoms with Crippen LogP contribution in [0.4, 0.5) is 5.69 Å². The summed E-state index contributed by atoms with van der Waals surface area (Å²) in [6, 6.07) is 4.64. The molecule has 90 valence electrons. The molecule has 0 amide bonds. The van der Waals surface area contributed by atoms with Crippen molar-refractivity contribution in [2.75, 3.05) is 5.73 Å². The van der Waals surface area contributed by atoms with Crippen molar-refractivity contribution in [2.24, 2.45) is 0 Å². The van der Waals surface area contributed by atoms with E-state index in [0.29, 0.717) is 17.1 Å². The molecule has 8 nitrogen and oxygen atoms in total. The summed E-state index contributed by atoms with van der Waals surface area (Å²) in [7, 11) is 0. The number of H-pyrrole nitrogens is 1. The number of rotatable bonds is 2. The van der Waals surface area contributed by atoms with Crippen LogP contribution in [0.15, 0.2) is 29.0 Å². The van der Waals surface area contributed by atoms with E-state index in [1.807, 2.05) is 0 Å². The van der Waals surface area contributed by atoms with Crippen molar-refractivity contribution < 1.29 is 9.63 Å². The molecule has 0 aliphatic carbocycles. The normalized spacial score (nSPS) is 10.7. The molecule has 0 aliphatic heterocycles. The third-order valence-corrected chi connectivity index (χ3v) is 2.31. The minimum absolute atomic E-state index is 0.0252. The molecule has 0 spiro atoms. The SMILES string of the molecule is Nc1ccc(-c2nc(-c3ncn[nH]3)no2)c(O)c1. The average Bonchev–Trinajstić information content (AvgIpc) is 2.99. The van der Waals surface area contributed by atoms with Crippen LogP contribution in [0, 0.1) is 0 Å². The number of nitrogens with zero attached hydrogens (tertiary/aromatic N) is 4. The van der Waals surface area contributed by atoms with Crippen molar-refractivity contribution in [1.29, 1.82) is 0 Å². The van der Waals surface area contributed by atoms with E-state index in [1.54, 1.807) is 12.1 Å². The highest BCUT2D eigenvalue weighted by Gasteiger charge is 2.15. The van der Waals surface area contributed by atoms with Gasteiger partial charge in [-0.25, -0.2) is 4.98 Å². The largest absolute Gasteiger partial charge is 0.507 e. The summed E-state index contributed by atoms with van der Waals surface area (Å²) in [4.78, 5) is 8.00. The van der Waals surface area contributed by atoms with Gasteiger partial charge in [-0.2, -0.15) is 10.1 Å². The van der Waals surface area contributed by atoms with Crippen LogP contribution >= 0.6 is 0 Å². The summed E-state index contributed by atoms with van der Waals surface area (Å²) in [5, 5.41) is 19.8. The van der Waals surface area contributed by atoms with Crippen LogP contribution in [-0.4, -0.2) is 30.4 Å². The minimum Gasteiger partial charge on any atom is -0.507 e. The standard InChI is InChI=1S/C10H8N6O2/c11-5-1-2-6(7(17)3-5)10-14-9(16-18-10)8-12-4-13-15-8/h1-4,17H,11H2,(H,12,13,15). The highest BCUT2D eigenvalue weighted by Crippen LogP contribution is 2.30. The number of phenolic OH excluding ortho intramolecular Hbond substituents is 1. The Morgan fingerprint density at radius 3 is 2.94 bits per heavy atom. The zero-order valence-corrected chi connectivity index (χ0v) is 9.03. The molecule has 0 aliphatic rings. The number of nitrogens with one attached hydrogen (secondary N) is 1. The summed E-state index contributed by atoms with van der Waals surface area (Å²) >= 11 is 0. The molecule has 0 bridgehead atoms. The highest BCUT2D eigenvalue weighted by atomic mass is 16.5. The quantitative estimate of drug-likeness (QED) is 0.569. The van der Waals surface area contributed by atoms with Crippen molar-refractivity contribution in [3.63, 3.8) is 0 Å². The smallest absolute Gasteiger partial charge is 0.262 e. The van der Waals surface area contributed by atoms with E-state index < -0.39 is 0 Å². The predicted molar refractivity (Wildman–Crippen MR) is 61.2 cm³/mol. The predicted octanol–water partition coefficient (Wildman–Crippen LogP) is 0.809. The molecule has 0 atom stereocenters. The molecular weight excluding hydrogens is 236 g/mol.